The molecule has 1 N–H and O–H groups in total. The van der Waals surface area contributed by atoms with E-state index in [2.05, 4.69) is 6.07 Å². The molecule has 0 rings (SSSR count). The molecule has 0 aliphatic carbocycles. The highest BCUT2D eigenvalue weighted by Gasteiger charge is 2.32. The first kappa shape index (κ1) is 11.4. The van der Waals surface area contributed by atoms with Gasteiger partial charge in [-0.15, -0.1) is 0 Å². The lowest BCUT2D eigenvalue weighted by Crippen LogP contribution is -2.34. The molecule has 70 valence electrons. The highest BCUT2D eigenvalue weighted by atomic mass is 16.3. The molecule has 1 atom stereocenters. The van der Waals surface area contributed by atoms with Crippen molar-refractivity contribution in [1.29, 1.82) is 5.26 Å². The van der Waals surface area contributed by atoms with Gasteiger partial charge in [0.15, 0.2) is 0 Å². The van der Waals surface area contributed by atoms with Gasteiger partial charge in [-0.1, -0.05) is 26.7 Å². The summed E-state index contributed by atoms with van der Waals surface area (Å²) >= 11 is 0. The number of nitriles is 1. The van der Waals surface area contributed by atoms with Gasteiger partial charge in [-0.05, 0) is 19.8 Å². The van der Waals surface area contributed by atoms with E-state index >= 15 is 0 Å². The molecule has 0 aliphatic heterocycles. The summed E-state index contributed by atoms with van der Waals surface area (Å²) in [7, 11) is 0. The zero-order chi connectivity index (χ0) is 9.78. The van der Waals surface area contributed by atoms with Crippen LogP contribution in [0.5, 0.6) is 0 Å². The molecule has 0 aromatic carbocycles. The summed E-state index contributed by atoms with van der Waals surface area (Å²) < 4.78 is 0. The van der Waals surface area contributed by atoms with Crippen molar-refractivity contribution in [3.63, 3.8) is 0 Å². The summed E-state index contributed by atoms with van der Waals surface area (Å²) in [5.74, 6) is 0.250. The fraction of sp³-hybridized carbons (Fsp3) is 0.900. The summed E-state index contributed by atoms with van der Waals surface area (Å²) in [6.07, 6.45) is 1.36. The van der Waals surface area contributed by atoms with Gasteiger partial charge in [0.1, 0.15) is 0 Å². The molecule has 0 saturated carbocycles. The van der Waals surface area contributed by atoms with E-state index in [1.54, 1.807) is 13.8 Å². The van der Waals surface area contributed by atoms with Gasteiger partial charge in [0.2, 0.25) is 0 Å². The van der Waals surface area contributed by atoms with E-state index in [9.17, 15) is 5.11 Å². The van der Waals surface area contributed by atoms with Gasteiger partial charge in [-0.3, -0.25) is 0 Å². The van der Waals surface area contributed by atoms with Crippen molar-refractivity contribution >= 4 is 0 Å². The van der Waals surface area contributed by atoms with Gasteiger partial charge < -0.3 is 5.11 Å². The minimum atomic E-state index is -0.614. The van der Waals surface area contributed by atoms with Crippen LogP contribution in [0.4, 0.5) is 0 Å². The van der Waals surface area contributed by atoms with Crippen LogP contribution in [0.1, 0.15) is 40.5 Å². The lowest BCUT2D eigenvalue weighted by molar-refractivity contribution is 0.0281. The molecule has 0 bridgehead atoms. The lowest BCUT2D eigenvalue weighted by Gasteiger charge is -2.29. The lowest BCUT2D eigenvalue weighted by atomic mass is 9.79. The van der Waals surface area contributed by atoms with E-state index < -0.39 is 11.5 Å². The highest BCUT2D eigenvalue weighted by molar-refractivity contribution is 4.98. The van der Waals surface area contributed by atoms with E-state index in [0.717, 1.165) is 12.8 Å². The fourth-order valence-corrected chi connectivity index (χ4v) is 1.39. The van der Waals surface area contributed by atoms with Crippen molar-refractivity contribution in [2.24, 2.45) is 11.3 Å². The SMILES string of the molecule is CCC(CC)C(O)C(C)(C)C#N. The molecule has 0 aromatic rings. The summed E-state index contributed by atoms with van der Waals surface area (Å²) in [6.45, 7) is 7.67. The molecule has 2 heteroatoms. The molecule has 0 spiro atoms. The first-order valence-corrected chi connectivity index (χ1v) is 4.58. The smallest absolute Gasteiger partial charge is 0.0779 e. The predicted molar refractivity (Wildman–Crippen MR) is 49.5 cm³/mol. The Hall–Kier alpha value is -0.550. The third-order valence-electron chi connectivity index (χ3n) is 2.52. The highest BCUT2D eigenvalue weighted by Crippen LogP contribution is 2.28. The second-order valence-corrected chi connectivity index (χ2v) is 3.85. The third-order valence-corrected chi connectivity index (χ3v) is 2.52. The van der Waals surface area contributed by atoms with Crippen molar-refractivity contribution in [1.82, 2.24) is 0 Å². The van der Waals surface area contributed by atoms with E-state index in [1.165, 1.54) is 0 Å². The maximum Gasteiger partial charge on any atom is 0.0779 e. The predicted octanol–water partition coefficient (Wildman–Crippen LogP) is 2.33. The first-order valence-electron chi connectivity index (χ1n) is 4.58. The quantitative estimate of drug-likeness (QED) is 0.702. The van der Waals surface area contributed by atoms with Crippen molar-refractivity contribution in [3.05, 3.63) is 0 Å². The Morgan fingerprint density at radius 1 is 1.33 bits per heavy atom. The van der Waals surface area contributed by atoms with Gasteiger partial charge in [0.25, 0.3) is 0 Å². The number of aliphatic hydroxyl groups is 1. The van der Waals surface area contributed by atoms with Crippen LogP contribution >= 0.6 is 0 Å². The second-order valence-electron chi connectivity index (χ2n) is 3.85. The molecule has 0 saturated heterocycles. The Bertz CT molecular complexity index is 165. The molecule has 1 unspecified atom stereocenters. The third kappa shape index (κ3) is 2.49. The molecule has 0 radical (unpaired) electrons. The molecule has 0 heterocycles. The topological polar surface area (TPSA) is 44.0 Å². The number of aliphatic hydroxyl groups excluding tert-OH is 1. The Kier molecular flexibility index (Phi) is 4.26. The molecule has 2 nitrogen and oxygen atoms in total. The van der Waals surface area contributed by atoms with Crippen LogP contribution in [0.15, 0.2) is 0 Å². The van der Waals surface area contributed by atoms with Gasteiger partial charge in [-0.2, -0.15) is 5.26 Å². The Balaban J connectivity index is 4.37. The Labute approximate surface area is 75.2 Å². The van der Waals surface area contributed by atoms with Crippen LogP contribution in [-0.2, 0) is 0 Å². The summed E-state index contributed by atoms with van der Waals surface area (Å²) in [5, 5.41) is 18.6. The van der Waals surface area contributed by atoms with Gasteiger partial charge in [0, 0.05) is 0 Å². The molecule has 12 heavy (non-hydrogen) atoms. The maximum atomic E-state index is 9.81. The van der Waals surface area contributed by atoms with Gasteiger partial charge in [0.05, 0.1) is 17.6 Å². The van der Waals surface area contributed by atoms with Crippen LogP contribution in [0.3, 0.4) is 0 Å². The number of rotatable bonds is 4. The first-order chi connectivity index (χ1) is 5.49. The summed E-state index contributed by atoms with van der Waals surface area (Å²) in [5.41, 5.74) is -0.614. The second kappa shape index (κ2) is 4.47. The molecule has 0 aliphatic rings. The normalized spacial score (nSPS) is 14.4. The number of nitrogens with zero attached hydrogens (tertiary/aromatic N) is 1. The standard InChI is InChI=1S/C10H19NO/c1-5-8(6-2)9(12)10(3,4)7-11/h8-9,12H,5-6H2,1-4H3. The van der Waals surface area contributed by atoms with Crippen LogP contribution in [0, 0.1) is 22.7 Å². The van der Waals surface area contributed by atoms with E-state index in [0.29, 0.717) is 0 Å². The molecule has 0 amide bonds. The van der Waals surface area contributed by atoms with Crippen molar-refractivity contribution < 1.29 is 5.11 Å². The zero-order valence-corrected chi connectivity index (χ0v) is 8.46. The van der Waals surface area contributed by atoms with Crippen molar-refractivity contribution in [2.75, 3.05) is 0 Å². The van der Waals surface area contributed by atoms with Gasteiger partial charge >= 0.3 is 0 Å². The van der Waals surface area contributed by atoms with Crippen LogP contribution < -0.4 is 0 Å². The van der Waals surface area contributed by atoms with Crippen LogP contribution in [-0.4, -0.2) is 11.2 Å². The van der Waals surface area contributed by atoms with Crippen LogP contribution in [0.2, 0.25) is 0 Å². The maximum absolute atomic E-state index is 9.81. The Morgan fingerprint density at radius 2 is 1.75 bits per heavy atom. The van der Waals surface area contributed by atoms with E-state index in [-0.39, 0.29) is 5.92 Å². The monoisotopic (exact) mass is 169 g/mol. The number of hydrogen-bond donors (Lipinski definition) is 1. The van der Waals surface area contributed by atoms with Gasteiger partial charge in [-0.25, -0.2) is 0 Å². The molecular formula is C10H19NO. The average molecular weight is 169 g/mol. The largest absolute Gasteiger partial charge is 0.391 e. The molecule has 0 aromatic heterocycles. The number of hydrogen-bond acceptors (Lipinski definition) is 2. The van der Waals surface area contributed by atoms with E-state index in [1.807, 2.05) is 13.8 Å². The molecule has 0 fully saturated rings. The summed E-state index contributed by atoms with van der Waals surface area (Å²) in [4.78, 5) is 0. The zero-order valence-electron chi connectivity index (χ0n) is 8.46. The molecular weight excluding hydrogens is 150 g/mol. The average Bonchev–Trinajstić information content (AvgIpc) is 2.06. The van der Waals surface area contributed by atoms with Crippen molar-refractivity contribution in [2.45, 2.75) is 46.6 Å². The Morgan fingerprint density at radius 3 is 2.00 bits per heavy atom. The minimum Gasteiger partial charge on any atom is -0.391 e. The van der Waals surface area contributed by atoms with E-state index in [4.69, 9.17) is 5.26 Å². The minimum absolute atomic E-state index is 0.250. The fourth-order valence-electron chi connectivity index (χ4n) is 1.39. The van der Waals surface area contributed by atoms with Crippen molar-refractivity contribution in [3.8, 4) is 6.07 Å². The van der Waals surface area contributed by atoms with Crippen LogP contribution in [0.25, 0.3) is 0 Å². The summed E-state index contributed by atoms with van der Waals surface area (Å²) in [6, 6.07) is 2.14.